The highest BCUT2D eigenvalue weighted by atomic mass is 16.2. The van der Waals surface area contributed by atoms with E-state index >= 15 is 0 Å². The monoisotopic (exact) mass is 296 g/mol. The van der Waals surface area contributed by atoms with Gasteiger partial charge < -0.3 is 5.32 Å². The maximum atomic E-state index is 11.2. The Bertz CT molecular complexity index is 241. The highest BCUT2D eigenvalue weighted by molar-refractivity contribution is 5.78. The molecule has 0 unspecified atom stereocenters. The maximum Gasteiger partial charge on any atom is 0.220 e. The van der Waals surface area contributed by atoms with E-state index in [9.17, 15) is 9.59 Å². The summed E-state index contributed by atoms with van der Waals surface area (Å²) in [7, 11) is 0. The van der Waals surface area contributed by atoms with Crippen molar-refractivity contribution in [2.75, 3.05) is 6.54 Å². The first kappa shape index (κ1) is 20.1. The Morgan fingerprint density at radius 3 is 1.62 bits per heavy atom. The van der Waals surface area contributed by atoms with Crippen LogP contribution in [-0.4, -0.2) is 18.7 Å². The molecule has 21 heavy (non-hydrogen) atoms. The Balaban J connectivity index is 3.05. The second kappa shape index (κ2) is 17.2. The zero-order chi connectivity index (χ0) is 15.6. The Kier molecular flexibility index (Phi) is 16.5. The molecule has 0 bridgehead atoms. The first-order chi connectivity index (χ1) is 10.3. The Morgan fingerprint density at radius 2 is 1.19 bits per heavy atom. The van der Waals surface area contributed by atoms with Gasteiger partial charge in [0.1, 0.15) is 0 Å². The van der Waals surface area contributed by atoms with Gasteiger partial charge in [-0.2, -0.15) is 0 Å². The molecule has 0 saturated heterocycles. The molecule has 0 atom stereocenters. The normalized spacial score (nSPS) is 10.5. The molecule has 0 aliphatic carbocycles. The number of hydrogen-bond donors (Lipinski definition) is 1. The van der Waals surface area contributed by atoms with Crippen LogP contribution in [0.4, 0.5) is 0 Å². The lowest BCUT2D eigenvalue weighted by molar-refractivity contribution is -0.120. The Labute approximate surface area is 131 Å². The highest BCUT2D eigenvalue weighted by Crippen LogP contribution is 2.12. The van der Waals surface area contributed by atoms with E-state index in [-0.39, 0.29) is 12.5 Å². The molecular weight excluding hydrogens is 262 g/mol. The first-order valence-electron chi connectivity index (χ1n) is 8.93. The van der Waals surface area contributed by atoms with Crippen molar-refractivity contribution in [2.45, 2.75) is 96.8 Å². The minimum absolute atomic E-state index is 0.0251. The molecule has 3 heteroatoms. The molecule has 1 N–H and O–H groups in total. The van der Waals surface area contributed by atoms with Gasteiger partial charge in [0.05, 0.1) is 6.54 Å². The summed E-state index contributed by atoms with van der Waals surface area (Å²) in [4.78, 5) is 21.2. The fourth-order valence-electron chi connectivity index (χ4n) is 2.53. The van der Waals surface area contributed by atoms with Gasteiger partial charge in [-0.25, -0.2) is 0 Å². The average molecular weight is 296 g/mol. The predicted octanol–water partition coefficient (Wildman–Crippen LogP) is 4.69. The van der Waals surface area contributed by atoms with Crippen LogP contribution in [0.15, 0.2) is 0 Å². The van der Waals surface area contributed by atoms with E-state index in [1.165, 1.54) is 70.6 Å². The topological polar surface area (TPSA) is 46.2 Å². The van der Waals surface area contributed by atoms with Gasteiger partial charge in [-0.1, -0.05) is 84.0 Å². The number of amides is 1. The second-order valence-corrected chi connectivity index (χ2v) is 5.91. The number of rotatable bonds is 16. The van der Waals surface area contributed by atoms with Gasteiger partial charge in [-0.15, -0.1) is 0 Å². The first-order valence-corrected chi connectivity index (χ1v) is 8.93. The molecule has 1 amide bonds. The molecule has 0 fully saturated rings. The molecule has 0 rings (SSSR count). The van der Waals surface area contributed by atoms with Crippen LogP contribution in [0.5, 0.6) is 0 Å². The maximum absolute atomic E-state index is 11.2. The van der Waals surface area contributed by atoms with E-state index < -0.39 is 0 Å². The third kappa shape index (κ3) is 17.1. The Morgan fingerprint density at radius 1 is 0.762 bits per heavy atom. The molecule has 3 nitrogen and oxygen atoms in total. The molecule has 0 aromatic heterocycles. The summed E-state index contributed by atoms with van der Waals surface area (Å²) in [6.45, 7) is 2.29. The summed E-state index contributed by atoms with van der Waals surface area (Å²) in [6, 6.07) is 0. The van der Waals surface area contributed by atoms with Crippen LogP contribution in [0, 0.1) is 0 Å². The van der Waals surface area contributed by atoms with Crippen LogP contribution < -0.4 is 5.32 Å². The van der Waals surface area contributed by atoms with Crippen molar-refractivity contribution >= 4 is 12.2 Å². The zero-order valence-electron chi connectivity index (χ0n) is 13.9. The van der Waals surface area contributed by atoms with Gasteiger partial charge in [0.15, 0.2) is 0 Å². The summed E-state index contributed by atoms with van der Waals surface area (Å²) < 4.78 is 0. The smallest absolute Gasteiger partial charge is 0.220 e. The summed E-state index contributed by atoms with van der Waals surface area (Å²) >= 11 is 0. The van der Waals surface area contributed by atoms with Crippen molar-refractivity contribution in [1.29, 1.82) is 0 Å². The highest BCUT2D eigenvalue weighted by Gasteiger charge is 1.99. The summed E-state index contributed by atoms with van der Waals surface area (Å²) in [5.74, 6) is -0.0265. The van der Waals surface area contributed by atoms with Gasteiger partial charge in [0, 0.05) is 6.42 Å². The molecule has 0 saturated carbocycles. The van der Waals surface area contributed by atoms with Gasteiger partial charge in [-0.3, -0.25) is 9.59 Å². The quantitative estimate of drug-likeness (QED) is 0.420. The zero-order valence-corrected chi connectivity index (χ0v) is 13.9. The fraction of sp³-hybridized carbons (Fsp3) is 0.889. The Hall–Kier alpha value is -0.860. The molecule has 0 aromatic rings. The molecule has 123 valence electrons. The number of carbonyl (C=O) groups is 1. The summed E-state index contributed by atoms with van der Waals surface area (Å²) in [5.41, 5.74) is 0. The summed E-state index contributed by atoms with van der Waals surface area (Å²) in [6.07, 6.45) is 19.2. The van der Waals surface area contributed by atoms with Crippen LogP contribution >= 0.6 is 0 Å². The van der Waals surface area contributed by atoms with Crippen LogP contribution in [0.3, 0.4) is 0 Å². The standard InChI is InChI=1S/C18H34NO2/c1-2-3-4-5-6-7-8-9-10-11-12-13-14-15-18(21)19-16-17-20/h2-16H2,1H3,(H,19,21). The molecule has 0 aromatic carbocycles. The number of hydrogen-bond acceptors (Lipinski definition) is 2. The number of nitrogens with one attached hydrogen (secondary N) is 1. The van der Waals surface area contributed by atoms with Gasteiger partial charge in [-0.05, 0) is 6.42 Å². The molecule has 0 aliphatic rings. The van der Waals surface area contributed by atoms with Crippen LogP contribution in [0.2, 0.25) is 0 Å². The van der Waals surface area contributed by atoms with E-state index in [0.29, 0.717) is 6.42 Å². The molecule has 0 aliphatic heterocycles. The summed E-state index contributed by atoms with van der Waals surface area (Å²) in [5, 5.41) is 2.51. The lowest BCUT2D eigenvalue weighted by Crippen LogP contribution is -2.24. The molecule has 1 radical (unpaired) electrons. The minimum atomic E-state index is -0.0265. The van der Waals surface area contributed by atoms with Crippen molar-refractivity contribution in [3.8, 4) is 0 Å². The lowest BCUT2D eigenvalue weighted by atomic mass is 10.0. The number of carbonyl (C=O) groups excluding carboxylic acids is 2. The molecule has 0 heterocycles. The SMILES string of the molecule is CCCCCCCCCCCCCCCC(=O)NC[C]=O. The van der Waals surface area contributed by atoms with Crippen molar-refractivity contribution in [3.05, 3.63) is 0 Å². The van der Waals surface area contributed by atoms with Crippen molar-refractivity contribution in [2.24, 2.45) is 0 Å². The van der Waals surface area contributed by atoms with Gasteiger partial charge in [0.2, 0.25) is 12.2 Å². The van der Waals surface area contributed by atoms with Gasteiger partial charge >= 0.3 is 0 Å². The van der Waals surface area contributed by atoms with Crippen LogP contribution in [0.1, 0.15) is 96.8 Å². The number of unbranched alkanes of at least 4 members (excludes halogenated alkanes) is 12. The van der Waals surface area contributed by atoms with Gasteiger partial charge in [0.25, 0.3) is 0 Å². The van der Waals surface area contributed by atoms with E-state index in [0.717, 1.165) is 12.8 Å². The third-order valence-corrected chi connectivity index (χ3v) is 3.87. The van der Waals surface area contributed by atoms with Crippen LogP contribution in [-0.2, 0) is 9.59 Å². The minimum Gasteiger partial charge on any atom is -0.349 e. The molecular formula is C18H34NO2. The van der Waals surface area contributed by atoms with Crippen molar-refractivity contribution in [1.82, 2.24) is 5.32 Å². The average Bonchev–Trinajstić information content (AvgIpc) is 2.49. The lowest BCUT2D eigenvalue weighted by Gasteiger charge is -2.03. The largest absolute Gasteiger partial charge is 0.349 e. The fourth-order valence-corrected chi connectivity index (χ4v) is 2.53. The molecule has 0 spiro atoms. The predicted molar refractivity (Wildman–Crippen MR) is 89.0 cm³/mol. The van der Waals surface area contributed by atoms with Crippen molar-refractivity contribution < 1.29 is 9.59 Å². The second-order valence-electron chi connectivity index (χ2n) is 5.91. The van der Waals surface area contributed by atoms with Crippen molar-refractivity contribution in [3.63, 3.8) is 0 Å². The van der Waals surface area contributed by atoms with Crippen LogP contribution in [0.25, 0.3) is 0 Å². The van der Waals surface area contributed by atoms with E-state index in [2.05, 4.69) is 12.2 Å². The third-order valence-electron chi connectivity index (χ3n) is 3.87. The van der Waals surface area contributed by atoms with E-state index in [1.807, 2.05) is 0 Å². The van der Waals surface area contributed by atoms with E-state index in [1.54, 1.807) is 6.29 Å². The van der Waals surface area contributed by atoms with E-state index in [4.69, 9.17) is 0 Å².